The molecule has 0 bridgehead atoms. The van der Waals surface area contributed by atoms with Crippen LogP contribution in [0.15, 0.2) is 34.9 Å². The van der Waals surface area contributed by atoms with Crippen molar-refractivity contribution < 1.29 is 23.7 Å². The highest BCUT2D eigenvalue weighted by atomic mass is 16.7. The van der Waals surface area contributed by atoms with Gasteiger partial charge in [-0.15, -0.1) is 0 Å². The number of carbonyl (C=O) groups is 2. The Morgan fingerprint density at radius 1 is 1.31 bits per heavy atom. The number of benzene rings is 1. The fourth-order valence-electron chi connectivity index (χ4n) is 2.19. The maximum absolute atomic E-state index is 12.2. The molecule has 1 heterocycles. The van der Waals surface area contributed by atoms with Gasteiger partial charge in [0, 0.05) is 12.6 Å². The van der Waals surface area contributed by atoms with E-state index in [1.54, 1.807) is 0 Å². The molecule has 0 saturated carbocycles. The molecule has 0 aliphatic carbocycles. The van der Waals surface area contributed by atoms with Gasteiger partial charge in [0.05, 0.1) is 12.1 Å². The summed E-state index contributed by atoms with van der Waals surface area (Å²) in [7, 11) is 1.51. The minimum atomic E-state index is -0.511. The smallest absolute Gasteiger partial charge is 0.267 e. The highest BCUT2D eigenvalue weighted by Gasteiger charge is 2.25. The molecule has 0 atom stereocenters. The van der Waals surface area contributed by atoms with Crippen LogP contribution in [0.3, 0.4) is 0 Å². The van der Waals surface area contributed by atoms with E-state index < -0.39 is 5.60 Å². The number of nitrogens with one attached hydrogen (secondary N) is 1. The molecule has 0 saturated heterocycles. The first kappa shape index (κ1) is 19.5. The Kier molecular flexibility index (Phi) is 6.35. The lowest BCUT2D eigenvalue weighted by molar-refractivity contribution is -0.217. The molecule has 8 nitrogen and oxygen atoms in total. The van der Waals surface area contributed by atoms with Crippen LogP contribution in [0.5, 0.6) is 5.88 Å². The van der Waals surface area contributed by atoms with Crippen molar-refractivity contribution in [3.8, 4) is 17.2 Å². The standard InChI is InChI=1S/C18H23N3O5/c1-18(2,3)26-21(12-22)10-11-24-17-14(16(23)19-4)15(25-20-17)13-8-6-5-7-9-13/h5-9,12H,10-11H2,1-4H3,(H,19,23). The Labute approximate surface area is 152 Å². The Bertz CT molecular complexity index is 737. The largest absolute Gasteiger partial charge is 0.473 e. The fourth-order valence-corrected chi connectivity index (χ4v) is 2.19. The van der Waals surface area contributed by atoms with Crippen LogP contribution in [0.4, 0.5) is 0 Å². The molecule has 1 aromatic heterocycles. The van der Waals surface area contributed by atoms with Crippen molar-refractivity contribution in [3.05, 3.63) is 35.9 Å². The van der Waals surface area contributed by atoms with E-state index in [9.17, 15) is 9.59 Å². The quantitative estimate of drug-likeness (QED) is 0.573. The number of aromatic nitrogens is 1. The van der Waals surface area contributed by atoms with Crippen LogP contribution in [0.1, 0.15) is 31.1 Å². The van der Waals surface area contributed by atoms with Gasteiger partial charge in [-0.25, -0.2) is 5.06 Å². The molecule has 2 aromatic rings. The third-order valence-corrected chi connectivity index (χ3v) is 3.21. The normalized spacial score (nSPS) is 11.1. The first-order valence-electron chi connectivity index (χ1n) is 8.16. The molecular formula is C18H23N3O5. The molecule has 0 fully saturated rings. The van der Waals surface area contributed by atoms with Crippen molar-refractivity contribution in [2.75, 3.05) is 20.2 Å². The molecule has 2 amide bonds. The van der Waals surface area contributed by atoms with Crippen molar-refractivity contribution >= 4 is 12.3 Å². The van der Waals surface area contributed by atoms with E-state index in [-0.39, 0.29) is 30.5 Å². The number of amides is 2. The van der Waals surface area contributed by atoms with Gasteiger partial charge in [0.2, 0.25) is 6.41 Å². The summed E-state index contributed by atoms with van der Waals surface area (Å²) in [5.41, 5.74) is 0.398. The fraction of sp³-hybridized carbons (Fsp3) is 0.389. The average Bonchev–Trinajstić information content (AvgIpc) is 3.03. The summed E-state index contributed by atoms with van der Waals surface area (Å²) in [6.45, 7) is 5.74. The molecule has 26 heavy (non-hydrogen) atoms. The lowest BCUT2D eigenvalue weighted by atomic mass is 10.1. The minimum absolute atomic E-state index is 0.0600. The van der Waals surface area contributed by atoms with Gasteiger partial charge >= 0.3 is 0 Å². The Morgan fingerprint density at radius 3 is 2.58 bits per heavy atom. The SMILES string of the molecule is CNC(=O)c1c(OCCN(C=O)OC(C)(C)C)noc1-c1ccccc1. The predicted molar refractivity (Wildman–Crippen MR) is 94.4 cm³/mol. The van der Waals surface area contributed by atoms with Crippen molar-refractivity contribution in [3.63, 3.8) is 0 Å². The molecule has 1 N–H and O–H groups in total. The van der Waals surface area contributed by atoms with E-state index in [4.69, 9.17) is 14.1 Å². The first-order chi connectivity index (χ1) is 12.4. The van der Waals surface area contributed by atoms with Crippen molar-refractivity contribution in [1.82, 2.24) is 15.5 Å². The number of carbonyl (C=O) groups excluding carboxylic acids is 2. The van der Waals surface area contributed by atoms with Crippen LogP contribution in [-0.4, -0.2) is 48.3 Å². The average molecular weight is 361 g/mol. The van der Waals surface area contributed by atoms with Gasteiger partial charge in [0.1, 0.15) is 6.61 Å². The third kappa shape index (κ3) is 5.06. The summed E-state index contributed by atoms with van der Waals surface area (Å²) in [5, 5.41) is 7.54. The maximum atomic E-state index is 12.2. The molecule has 2 rings (SSSR count). The van der Waals surface area contributed by atoms with Crippen LogP contribution >= 0.6 is 0 Å². The Balaban J connectivity index is 2.13. The highest BCUT2D eigenvalue weighted by Crippen LogP contribution is 2.30. The zero-order valence-electron chi connectivity index (χ0n) is 15.3. The van der Waals surface area contributed by atoms with E-state index in [0.29, 0.717) is 17.7 Å². The van der Waals surface area contributed by atoms with Crippen molar-refractivity contribution in [2.24, 2.45) is 0 Å². The summed E-state index contributed by atoms with van der Waals surface area (Å²) in [4.78, 5) is 28.8. The minimum Gasteiger partial charge on any atom is -0.473 e. The number of hydroxylamine groups is 2. The molecule has 1 aromatic carbocycles. The maximum Gasteiger partial charge on any atom is 0.267 e. The van der Waals surface area contributed by atoms with Crippen LogP contribution in [0.2, 0.25) is 0 Å². The molecule has 0 radical (unpaired) electrons. The van der Waals surface area contributed by atoms with Crippen LogP contribution in [-0.2, 0) is 9.63 Å². The van der Waals surface area contributed by atoms with Gasteiger partial charge in [0.25, 0.3) is 11.8 Å². The molecule has 0 aliphatic heterocycles. The van der Waals surface area contributed by atoms with E-state index in [2.05, 4.69) is 10.5 Å². The monoisotopic (exact) mass is 361 g/mol. The third-order valence-electron chi connectivity index (χ3n) is 3.21. The van der Waals surface area contributed by atoms with E-state index in [0.717, 1.165) is 5.06 Å². The van der Waals surface area contributed by atoms with Crippen molar-refractivity contribution in [2.45, 2.75) is 26.4 Å². The Hall–Kier alpha value is -2.87. The van der Waals surface area contributed by atoms with Gasteiger partial charge < -0.3 is 14.6 Å². The van der Waals surface area contributed by atoms with Gasteiger partial charge in [-0.2, -0.15) is 0 Å². The molecule has 0 aliphatic rings. The lowest BCUT2D eigenvalue weighted by Crippen LogP contribution is -2.35. The summed E-state index contributed by atoms with van der Waals surface area (Å²) < 4.78 is 10.9. The van der Waals surface area contributed by atoms with E-state index in [1.165, 1.54) is 7.05 Å². The van der Waals surface area contributed by atoms with Gasteiger partial charge in [-0.1, -0.05) is 30.3 Å². The molecule has 8 heteroatoms. The number of hydrogen-bond donors (Lipinski definition) is 1. The molecule has 0 spiro atoms. The lowest BCUT2D eigenvalue weighted by Gasteiger charge is -2.26. The number of ether oxygens (including phenoxy) is 1. The molecule has 0 unspecified atom stereocenters. The molecular weight excluding hydrogens is 338 g/mol. The highest BCUT2D eigenvalue weighted by molar-refractivity contribution is 6.01. The van der Waals surface area contributed by atoms with E-state index in [1.807, 2.05) is 51.1 Å². The summed E-state index contributed by atoms with van der Waals surface area (Å²) in [6, 6.07) is 9.14. The summed E-state index contributed by atoms with van der Waals surface area (Å²) in [5.74, 6) is 0.00114. The zero-order valence-corrected chi connectivity index (χ0v) is 15.3. The summed E-state index contributed by atoms with van der Waals surface area (Å²) >= 11 is 0. The number of hydrogen-bond acceptors (Lipinski definition) is 6. The Morgan fingerprint density at radius 2 is 2.00 bits per heavy atom. The second-order valence-electron chi connectivity index (χ2n) is 6.44. The second-order valence-corrected chi connectivity index (χ2v) is 6.44. The van der Waals surface area contributed by atoms with Crippen LogP contribution in [0.25, 0.3) is 11.3 Å². The summed E-state index contributed by atoms with van der Waals surface area (Å²) in [6.07, 6.45) is 0.576. The van der Waals surface area contributed by atoms with Crippen LogP contribution in [0, 0.1) is 0 Å². The van der Waals surface area contributed by atoms with Gasteiger partial charge in [0.15, 0.2) is 11.3 Å². The topological polar surface area (TPSA) is 93.9 Å². The molecule has 140 valence electrons. The number of nitrogens with zero attached hydrogens (tertiary/aromatic N) is 2. The second kappa shape index (κ2) is 8.48. The van der Waals surface area contributed by atoms with E-state index >= 15 is 0 Å². The van der Waals surface area contributed by atoms with Gasteiger partial charge in [-0.3, -0.25) is 14.4 Å². The predicted octanol–water partition coefficient (Wildman–Crippen LogP) is 2.27. The number of rotatable bonds is 8. The first-order valence-corrected chi connectivity index (χ1v) is 8.16. The van der Waals surface area contributed by atoms with Crippen LogP contribution < -0.4 is 10.1 Å². The van der Waals surface area contributed by atoms with Crippen molar-refractivity contribution in [1.29, 1.82) is 0 Å². The van der Waals surface area contributed by atoms with Gasteiger partial charge in [-0.05, 0) is 25.9 Å². The zero-order chi connectivity index (χ0) is 19.2.